The Balaban J connectivity index is 1.74. The van der Waals surface area contributed by atoms with Crippen molar-refractivity contribution in [3.63, 3.8) is 0 Å². The molecule has 4 rings (SSSR count). The van der Waals surface area contributed by atoms with Crippen LogP contribution in [0.5, 0.6) is 11.5 Å². The van der Waals surface area contributed by atoms with E-state index in [2.05, 4.69) is 13.0 Å². The molecule has 0 saturated carbocycles. The molecule has 0 bridgehead atoms. The van der Waals surface area contributed by atoms with Crippen molar-refractivity contribution in [3.05, 3.63) is 70.4 Å². The molecule has 6 heteroatoms. The molecule has 36 heavy (non-hydrogen) atoms. The van der Waals surface area contributed by atoms with Crippen LogP contribution in [0.2, 0.25) is 0 Å². The van der Waals surface area contributed by atoms with Gasteiger partial charge in [0.15, 0.2) is 17.3 Å². The summed E-state index contributed by atoms with van der Waals surface area (Å²) in [5, 5.41) is 0. The Labute approximate surface area is 213 Å². The highest BCUT2D eigenvalue weighted by atomic mass is 16.5. The van der Waals surface area contributed by atoms with E-state index >= 15 is 0 Å². The maximum atomic E-state index is 13.8. The monoisotopic (exact) mass is 489 g/mol. The molecule has 190 valence electrons. The molecule has 1 heterocycles. The third-order valence-electron chi connectivity index (χ3n) is 7.16. The minimum atomic E-state index is -0.607. The van der Waals surface area contributed by atoms with Crippen molar-refractivity contribution in [2.24, 2.45) is 10.9 Å². The third-order valence-corrected chi connectivity index (χ3v) is 7.16. The van der Waals surface area contributed by atoms with Gasteiger partial charge in [-0.15, -0.1) is 0 Å². The fourth-order valence-electron chi connectivity index (χ4n) is 5.34. The number of hydrogen-bond acceptors (Lipinski definition) is 6. The predicted molar refractivity (Wildman–Crippen MR) is 140 cm³/mol. The molecule has 2 aromatic rings. The zero-order valence-electron chi connectivity index (χ0n) is 21.8. The Kier molecular flexibility index (Phi) is 7.92. The number of aliphatic imine (C=N–C) groups is 1. The van der Waals surface area contributed by atoms with Crippen LogP contribution >= 0.6 is 0 Å². The van der Waals surface area contributed by atoms with Gasteiger partial charge >= 0.3 is 5.97 Å². The minimum Gasteiger partial charge on any atom is -0.493 e. The summed E-state index contributed by atoms with van der Waals surface area (Å²) in [5.74, 6) is -0.0206. The lowest BCUT2D eigenvalue weighted by molar-refractivity contribution is -0.146. The summed E-state index contributed by atoms with van der Waals surface area (Å²) in [4.78, 5) is 31.9. The molecule has 3 atom stereocenters. The lowest BCUT2D eigenvalue weighted by Gasteiger charge is -2.36. The van der Waals surface area contributed by atoms with Gasteiger partial charge in [-0.3, -0.25) is 14.6 Å². The summed E-state index contributed by atoms with van der Waals surface area (Å²) in [5.41, 5.74) is 5.16. The van der Waals surface area contributed by atoms with Crippen LogP contribution in [-0.2, 0) is 14.3 Å². The molecular formula is C30H35NO5. The first-order valence-corrected chi connectivity index (χ1v) is 12.6. The van der Waals surface area contributed by atoms with Crippen LogP contribution in [-0.4, -0.2) is 38.3 Å². The molecule has 6 nitrogen and oxygen atoms in total. The number of carbonyl (C=O) groups excluding carboxylic acids is 2. The van der Waals surface area contributed by atoms with Crippen LogP contribution in [0.3, 0.4) is 0 Å². The smallest absolute Gasteiger partial charge is 0.315 e. The third kappa shape index (κ3) is 5.08. The van der Waals surface area contributed by atoms with E-state index in [1.807, 2.05) is 50.2 Å². The van der Waals surface area contributed by atoms with Gasteiger partial charge in [0.25, 0.3) is 0 Å². The number of hydrogen-bond donors (Lipinski definition) is 0. The Morgan fingerprint density at radius 2 is 1.78 bits per heavy atom. The maximum absolute atomic E-state index is 13.8. The largest absolute Gasteiger partial charge is 0.493 e. The van der Waals surface area contributed by atoms with E-state index in [4.69, 9.17) is 19.2 Å². The SMILES string of the molecule is CCCCOC(=O)C1C(C)=NC2=C(C(=O)C[C@@H](c3ccc(OC)c(OC)c3)C2)[C@@H]1c1cccc(C)c1. The number of nitrogens with zero attached hydrogens (tertiary/aromatic N) is 1. The van der Waals surface area contributed by atoms with Gasteiger partial charge in [-0.25, -0.2) is 0 Å². The molecular weight excluding hydrogens is 454 g/mol. The van der Waals surface area contributed by atoms with E-state index in [0.29, 0.717) is 42.2 Å². The number of allylic oxidation sites excluding steroid dienone is 2. The standard InChI is InChI=1S/C30H35NO5/c1-6-7-13-36-30(33)27-19(3)31-23-15-22(20-11-12-25(34-4)26(17-20)35-5)16-24(32)29(23)28(27)21-10-8-9-18(2)14-21/h8-12,14,17,22,27-28H,6-7,13,15-16H2,1-5H3/t22-,27?,28+/m0/s1. The molecule has 1 unspecified atom stereocenters. The summed E-state index contributed by atoms with van der Waals surface area (Å²) in [6, 6.07) is 13.9. The Morgan fingerprint density at radius 1 is 1.00 bits per heavy atom. The summed E-state index contributed by atoms with van der Waals surface area (Å²) >= 11 is 0. The van der Waals surface area contributed by atoms with E-state index in [1.165, 1.54) is 0 Å². The normalized spacial score (nSPS) is 21.5. The van der Waals surface area contributed by atoms with Gasteiger partial charge in [-0.05, 0) is 55.9 Å². The van der Waals surface area contributed by atoms with Crippen LogP contribution in [0.25, 0.3) is 0 Å². The topological polar surface area (TPSA) is 74.2 Å². The number of carbonyl (C=O) groups is 2. The summed E-state index contributed by atoms with van der Waals surface area (Å²) in [6.07, 6.45) is 2.72. The fourth-order valence-corrected chi connectivity index (χ4v) is 5.34. The van der Waals surface area contributed by atoms with Crippen molar-refractivity contribution >= 4 is 17.5 Å². The molecule has 0 saturated heterocycles. The molecule has 0 amide bonds. The number of rotatable bonds is 8. The molecule has 0 fully saturated rings. The number of benzene rings is 2. The second-order valence-corrected chi connectivity index (χ2v) is 9.65. The van der Waals surface area contributed by atoms with Gasteiger partial charge in [0.05, 0.1) is 20.8 Å². The molecule has 0 spiro atoms. The van der Waals surface area contributed by atoms with Gasteiger partial charge in [0, 0.05) is 29.3 Å². The molecule has 2 aromatic carbocycles. The van der Waals surface area contributed by atoms with E-state index in [-0.39, 0.29) is 17.7 Å². The number of esters is 1. The molecule has 1 aliphatic heterocycles. The number of ketones is 1. The van der Waals surface area contributed by atoms with Crippen molar-refractivity contribution < 1.29 is 23.8 Å². The zero-order chi connectivity index (χ0) is 25.8. The van der Waals surface area contributed by atoms with Gasteiger partial charge in [0.2, 0.25) is 0 Å². The Morgan fingerprint density at radius 3 is 2.47 bits per heavy atom. The van der Waals surface area contributed by atoms with Crippen molar-refractivity contribution in [3.8, 4) is 11.5 Å². The van der Waals surface area contributed by atoms with Crippen molar-refractivity contribution in [1.82, 2.24) is 0 Å². The first kappa shape index (κ1) is 25.7. The van der Waals surface area contributed by atoms with E-state index in [1.54, 1.807) is 14.2 Å². The molecule has 0 N–H and O–H groups in total. The quantitative estimate of drug-likeness (QED) is 0.339. The van der Waals surface area contributed by atoms with Crippen LogP contribution in [0.4, 0.5) is 0 Å². The first-order chi connectivity index (χ1) is 17.4. The van der Waals surface area contributed by atoms with Crippen LogP contribution < -0.4 is 9.47 Å². The van der Waals surface area contributed by atoms with Gasteiger partial charge in [-0.2, -0.15) is 0 Å². The Bertz CT molecular complexity index is 1210. The number of methoxy groups -OCH3 is 2. The molecule has 2 aliphatic rings. The average Bonchev–Trinajstić information content (AvgIpc) is 2.87. The van der Waals surface area contributed by atoms with E-state index in [0.717, 1.165) is 35.2 Å². The highest BCUT2D eigenvalue weighted by Gasteiger charge is 2.44. The van der Waals surface area contributed by atoms with Gasteiger partial charge in [-0.1, -0.05) is 49.2 Å². The van der Waals surface area contributed by atoms with Crippen LogP contribution in [0.15, 0.2) is 58.7 Å². The van der Waals surface area contributed by atoms with E-state index < -0.39 is 11.8 Å². The minimum absolute atomic E-state index is 0.0289. The lowest BCUT2D eigenvalue weighted by Crippen LogP contribution is -2.38. The summed E-state index contributed by atoms with van der Waals surface area (Å²) in [6.45, 7) is 6.33. The fraction of sp³-hybridized carbons (Fsp3) is 0.433. The molecule has 0 radical (unpaired) electrons. The van der Waals surface area contributed by atoms with Gasteiger partial charge < -0.3 is 14.2 Å². The maximum Gasteiger partial charge on any atom is 0.315 e. The highest BCUT2D eigenvalue weighted by Crippen LogP contribution is 2.47. The van der Waals surface area contributed by atoms with Crippen LogP contribution in [0.1, 0.15) is 68.1 Å². The Hall–Kier alpha value is -3.41. The van der Waals surface area contributed by atoms with Crippen molar-refractivity contribution in [2.75, 3.05) is 20.8 Å². The molecule has 0 aromatic heterocycles. The second-order valence-electron chi connectivity index (χ2n) is 9.65. The number of unbranched alkanes of at least 4 members (excludes halogenated alkanes) is 1. The summed E-state index contributed by atoms with van der Waals surface area (Å²) in [7, 11) is 3.21. The van der Waals surface area contributed by atoms with Crippen molar-refractivity contribution in [2.45, 2.75) is 58.3 Å². The summed E-state index contributed by atoms with van der Waals surface area (Å²) < 4.78 is 16.5. The van der Waals surface area contributed by atoms with Crippen LogP contribution in [0, 0.1) is 12.8 Å². The number of ether oxygens (including phenoxy) is 3. The number of aryl methyl sites for hydroxylation is 1. The first-order valence-electron chi connectivity index (χ1n) is 12.6. The number of Topliss-reactive ketones (excluding diaryl/α,β-unsaturated/α-hetero) is 1. The van der Waals surface area contributed by atoms with Gasteiger partial charge in [0.1, 0.15) is 5.92 Å². The average molecular weight is 490 g/mol. The van der Waals surface area contributed by atoms with E-state index in [9.17, 15) is 9.59 Å². The molecule has 1 aliphatic carbocycles. The zero-order valence-corrected chi connectivity index (χ0v) is 21.8. The highest BCUT2D eigenvalue weighted by molar-refractivity contribution is 6.09. The second kappa shape index (κ2) is 11.1. The predicted octanol–water partition coefficient (Wildman–Crippen LogP) is 5.93. The van der Waals surface area contributed by atoms with Crippen molar-refractivity contribution in [1.29, 1.82) is 0 Å². The lowest BCUT2D eigenvalue weighted by atomic mass is 9.69.